The van der Waals surface area contributed by atoms with E-state index in [1.165, 1.54) is 34.8 Å². The molecule has 0 fully saturated rings. The molecular weight excluding hydrogens is 871 g/mol. The van der Waals surface area contributed by atoms with Crippen LogP contribution < -0.4 is 9.47 Å². The van der Waals surface area contributed by atoms with Crippen molar-refractivity contribution in [3.63, 3.8) is 0 Å². The van der Waals surface area contributed by atoms with Crippen LogP contribution in [0.2, 0.25) is 0 Å². The molecule has 0 bridgehead atoms. The number of thiophene rings is 2. The molecule has 0 amide bonds. The molecule has 2 unspecified atom stereocenters. The lowest BCUT2D eigenvalue weighted by molar-refractivity contribution is -0.159. The standard InChI is InChI=1S/C51H54F6O5S2/c1-5-7-9-36(48-32(3)42-22-16-38(50(52,53)54)30-44(42)63-48)25-27-60-40-18-11-34(12-19-40)15-24-46(58)62-47(59)29-35-13-20-41(21-14-35)61-28-26-37(10-8-6-2)49-33(4)43-23-17-39(51(55,56)57)31-45(43)64-49/h11-14,16-23,30-31,36-37H,5-10,15,24-29H2,1-4H3. The van der Waals surface area contributed by atoms with Crippen molar-refractivity contribution in [3.05, 3.63) is 128 Å². The summed E-state index contributed by atoms with van der Waals surface area (Å²) in [7, 11) is 0. The number of unbranched alkanes of at least 4 members (excludes halogenated alkanes) is 2. The summed E-state index contributed by atoms with van der Waals surface area (Å²) in [6.07, 6.45) is -1.22. The van der Waals surface area contributed by atoms with Gasteiger partial charge in [-0.3, -0.25) is 9.59 Å². The Balaban J connectivity index is 0.926. The molecule has 6 aromatic rings. The van der Waals surface area contributed by atoms with Crippen molar-refractivity contribution >= 4 is 54.8 Å². The number of carbonyl (C=O) groups excluding carboxylic acids is 2. The number of esters is 2. The lowest BCUT2D eigenvalue weighted by atomic mass is 9.94. The minimum atomic E-state index is -4.39. The smallest absolute Gasteiger partial charge is 0.416 e. The second kappa shape index (κ2) is 21.9. The molecule has 6 rings (SSSR count). The highest BCUT2D eigenvalue weighted by atomic mass is 32.1. The number of benzene rings is 4. The first kappa shape index (κ1) is 48.6. The Hall–Kier alpha value is -4.88. The van der Waals surface area contributed by atoms with E-state index < -0.39 is 35.4 Å². The number of alkyl halides is 6. The van der Waals surface area contributed by atoms with E-state index in [1.807, 2.05) is 38.1 Å². The molecule has 342 valence electrons. The monoisotopic (exact) mass is 924 g/mol. The summed E-state index contributed by atoms with van der Waals surface area (Å²) in [5, 5.41) is 1.71. The summed E-state index contributed by atoms with van der Waals surface area (Å²) in [5.74, 6) is 0.317. The highest BCUT2D eigenvalue weighted by Crippen LogP contribution is 2.43. The van der Waals surface area contributed by atoms with Crippen molar-refractivity contribution in [2.75, 3.05) is 13.2 Å². The summed E-state index contributed by atoms with van der Waals surface area (Å²) < 4.78 is 98.7. The Kier molecular flexibility index (Phi) is 16.6. The zero-order valence-electron chi connectivity index (χ0n) is 36.6. The summed E-state index contributed by atoms with van der Waals surface area (Å²) in [4.78, 5) is 27.4. The Morgan fingerprint density at radius 1 is 0.578 bits per heavy atom. The van der Waals surface area contributed by atoms with Gasteiger partial charge in [-0.25, -0.2) is 0 Å². The van der Waals surface area contributed by atoms with Crippen molar-refractivity contribution in [2.24, 2.45) is 0 Å². The fraction of sp³-hybridized carbons (Fsp3) is 0.412. The molecule has 0 aliphatic carbocycles. The molecule has 13 heteroatoms. The van der Waals surface area contributed by atoms with Gasteiger partial charge in [0.25, 0.3) is 0 Å². The van der Waals surface area contributed by atoms with Gasteiger partial charge in [0.2, 0.25) is 0 Å². The maximum absolute atomic E-state index is 13.4. The Bertz CT molecular complexity index is 2480. The van der Waals surface area contributed by atoms with Gasteiger partial charge in [0.15, 0.2) is 0 Å². The number of halogens is 6. The fourth-order valence-corrected chi connectivity index (χ4v) is 10.9. The molecule has 4 aromatic carbocycles. The second-order valence-electron chi connectivity index (χ2n) is 16.4. The van der Waals surface area contributed by atoms with Crippen LogP contribution >= 0.6 is 22.7 Å². The molecule has 0 spiro atoms. The Morgan fingerprint density at radius 3 is 1.44 bits per heavy atom. The van der Waals surface area contributed by atoms with Gasteiger partial charge in [-0.2, -0.15) is 26.3 Å². The van der Waals surface area contributed by atoms with Crippen LogP contribution in [0.15, 0.2) is 84.9 Å². The van der Waals surface area contributed by atoms with E-state index in [0.717, 1.165) is 94.3 Å². The van der Waals surface area contributed by atoms with Crippen LogP contribution in [0, 0.1) is 13.8 Å². The second-order valence-corrected chi connectivity index (χ2v) is 18.5. The molecular formula is C51H54F6O5S2. The fourth-order valence-electron chi connectivity index (χ4n) is 8.06. The number of fused-ring (bicyclic) bond motifs is 2. The number of rotatable bonds is 21. The van der Waals surface area contributed by atoms with Gasteiger partial charge in [-0.1, -0.05) is 75.9 Å². The highest BCUT2D eigenvalue weighted by Gasteiger charge is 2.32. The summed E-state index contributed by atoms with van der Waals surface area (Å²) in [6.45, 7) is 9.04. The highest BCUT2D eigenvalue weighted by molar-refractivity contribution is 7.19. The van der Waals surface area contributed by atoms with Gasteiger partial charge in [-0.05, 0) is 139 Å². The van der Waals surface area contributed by atoms with Gasteiger partial charge < -0.3 is 14.2 Å². The van der Waals surface area contributed by atoms with E-state index in [4.69, 9.17) is 14.2 Å². The molecule has 0 saturated heterocycles. The van der Waals surface area contributed by atoms with E-state index in [9.17, 15) is 35.9 Å². The summed E-state index contributed by atoms with van der Waals surface area (Å²) in [6, 6.07) is 22.3. The van der Waals surface area contributed by atoms with Crippen LogP contribution in [0.3, 0.4) is 0 Å². The first-order valence-electron chi connectivity index (χ1n) is 21.9. The third-order valence-corrected chi connectivity index (χ3v) is 14.5. The number of carbonyl (C=O) groups is 2. The van der Waals surface area contributed by atoms with Crippen molar-refractivity contribution in [1.29, 1.82) is 0 Å². The molecule has 2 aromatic heterocycles. The van der Waals surface area contributed by atoms with Crippen molar-refractivity contribution in [2.45, 2.75) is 123 Å². The van der Waals surface area contributed by atoms with Crippen molar-refractivity contribution in [3.8, 4) is 11.5 Å². The lowest BCUT2D eigenvalue weighted by Crippen LogP contribution is -2.15. The Labute approximate surface area is 378 Å². The van der Waals surface area contributed by atoms with Gasteiger partial charge in [0.05, 0.1) is 37.2 Å². The predicted molar refractivity (Wildman–Crippen MR) is 244 cm³/mol. The van der Waals surface area contributed by atoms with E-state index in [0.29, 0.717) is 52.5 Å². The van der Waals surface area contributed by atoms with Gasteiger partial charge >= 0.3 is 24.3 Å². The minimum Gasteiger partial charge on any atom is -0.494 e. The van der Waals surface area contributed by atoms with Crippen LogP contribution in [0.25, 0.3) is 20.2 Å². The molecule has 0 N–H and O–H groups in total. The first-order valence-corrected chi connectivity index (χ1v) is 23.5. The number of aryl methyl sites for hydroxylation is 3. The van der Waals surface area contributed by atoms with Crippen LogP contribution in [-0.2, 0) is 39.5 Å². The van der Waals surface area contributed by atoms with E-state index >= 15 is 0 Å². The number of hydrogen-bond acceptors (Lipinski definition) is 7. The Morgan fingerprint density at radius 2 is 1.02 bits per heavy atom. The quantitative estimate of drug-likeness (QED) is 0.0409. The molecule has 2 atom stereocenters. The average molecular weight is 925 g/mol. The first-order chi connectivity index (χ1) is 30.5. The topological polar surface area (TPSA) is 61.8 Å². The summed E-state index contributed by atoms with van der Waals surface area (Å²) in [5.41, 5.74) is 2.31. The number of hydrogen-bond donors (Lipinski definition) is 0. The maximum atomic E-state index is 13.4. The van der Waals surface area contributed by atoms with E-state index in [2.05, 4.69) is 13.8 Å². The van der Waals surface area contributed by atoms with E-state index in [-0.39, 0.29) is 24.7 Å². The average Bonchev–Trinajstić information content (AvgIpc) is 3.77. The van der Waals surface area contributed by atoms with Gasteiger partial charge in [-0.15, -0.1) is 22.7 Å². The largest absolute Gasteiger partial charge is 0.494 e. The normalized spacial score (nSPS) is 13.0. The van der Waals surface area contributed by atoms with Gasteiger partial charge in [0, 0.05) is 19.2 Å². The zero-order valence-corrected chi connectivity index (χ0v) is 38.2. The van der Waals surface area contributed by atoms with Gasteiger partial charge in [0.1, 0.15) is 11.5 Å². The molecule has 0 aliphatic heterocycles. The minimum absolute atomic E-state index is 0.0195. The van der Waals surface area contributed by atoms with Crippen LogP contribution in [0.5, 0.6) is 11.5 Å². The predicted octanol–water partition coefficient (Wildman–Crippen LogP) is 15.5. The molecule has 0 saturated carbocycles. The molecule has 5 nitrogen and oxygen atoms in total. The summed E-state index contributed by atoms with van der Waals surface area (Å²) >= 11 is 2.87. The van der Waals surface area contributed by atoms with E-state index in [1.54, 1.807) is 36.4 Å². The molecule has 0 aliphatic rings. The molecule has 0 radical (unpaired) electrons. The van der Waals surface area contributed by atoms with Crippen molar-refractivity contribution in [1.82, 2.24) is 0 Å². The maximum Gasteiger partial charge on any atom is 0.416 e. The lowest BCUT2D eigenvalue weighted by Gasteiger charge is -2.17. The third kappa shape index (κ3) is 12.9. The third-order valence-electron chi connectivity index (χ3n) is 11.7. The van der Waals surface area contributed by atoms with Crippen LogP contribution in [0.1, 0.15) is 127 Å². The number of ether oxygens (including phenoxy) is 3. The molecule has 2 heterocycles. The SMILES string of the molecule is CCCCC(CCOc1ccc(CCC(=O)OC(=O)Cc2ccc(OCCC(CCCC)c3sc4cc(C(F)(F)F)ccc4c3C)cc2)cc1)c1sc2cc(C(F)(F)F)ccc2c1C. The molecule has 64 heavy (non-hydrogen) atoms. The zero-order chi connectivity index (χ0) is 46.0. The van der Waals surface area contributed by atoms with Crippen LogP contribution in [0.4, 0.5) is 26.3 Å². The van der Waals surface area contributed by atoms with Crippen molar-refractivity contribution < 1.29 is 50.1 Å². The van der Waals surface area contributed by atoms with Crippen LogP contribution in [-0.4, -0.2) is 25.2 Å².